The molecule has 0 bridgehead atoms. The highest BCUT2D eigenvalue weighted by Gasteiger charge is 2.24. The third-order valence-corrected chi connectivity index (χ3v) is 2.04. The molecule has 0 N–H and O–H groups in total. The number of aryl methyl sites for hydroxylation is 1. The molecule has 2 rings (SSSR count). The number of rotatable bonds is 2. The molecule has 1 aliphatic rings. The molecule has 1 aliphatic carbocycles. The zero-order valence-corrected chi connectivity index (χ0v) is 7.64. The Labute approximate surface area is 76.5 Å². The molecule has 0 aromatic carbocycles. The van der Waals surface area contributed by atoms with Gasteiger partial charge in [-0.3, -0.25) is 0 Å². The minimum absolute atomic E-state index is 0.381. The van der Waals surface area contributed by atoms with Gasteiger partial charge in [0.1, 0.15) is 0 Å². The summed E-state index contributed by atoms with van der Waals surface area (Å²) in [5.41, 5.74) is 0.920. The summed E-state index contributed by atoms with van der Waals surface area (Å²) in [5.74, 6) is 0.713. The molecular formula is C9H10ClNO. The molecular weight excluding hydrogens is 174 g/mol. The lowest BCUT2D eigenvalue weighted by molar-refractivity contribution is 0.302. The molecule has 0 amide bonds. The first-order valence-corrected chi connectivity index (χ1v) is 4.43. The first-order chi connectivity index (χ1) is 5.75. The molecule has 1 saturated carbocycles. The number of ether oxygens (including phenoxy) is 1. The Morgan fingerprint density at radius 3 is 2.83 bits per heavy atom. The second kappa shape index (κ2) is 2.94. The van der Waals surface area contributed by atoms with Gasteiger partial charge in [-0.15, -0.1) is 0 Å². The van der Waals surface area contributed by atoms with E-state index in [0.717, 1.165) is 18.5 Å². The number of hydrogen-bond acceptors (Lipinski definition) is 2. The summed E-state index contributed by atoms with van der Waals surface area (Å²) < 4.78 is 5.52. The van der Waals surface area contributed by atoms with Crippen molar-refractivity contribution in [1.29, 1.82) is 0 Å². The molecule has 1 fully saturated rings. The summed E-state index contributed by atoms with van der Waals surface area (Å²) in [6.07, 6.45) is 2.67. The van der Waals surface area contributed by atoms with Crippen molar-refractivity contribution in [3.63, 3.8) is 0 Å². The van der Waals surface area contributed by atoms with E-state index in [9.17, 15) is 0 Å². The smallest absolute Gasteiger partial charge is 0.171 e. The standard InChI is InChI=1S/C9H10ClNO/c1-6-2-5-8(9(10)11-6)12-7-3-4-7/h2,5,7H,3-4H2,1H3. The normalized spacial score (nSPS) is 16.2. The first-order valence-electron chi connectivity index (χ1n) is 4.05. The average Bonchev–Trinajstić information content (AvgIpc) is 2.79. The molecule has 2 nitrogen and oxygen atoms in total. The van der Waals surface area contributed by atoms with E-state index in [2.05, 4.69) is 4.98 Å². The summed E-state index contributed by atoms with van der Waals surface area (Å²) >= 11 is 5.87. The van der Waals surface area contributed by atoms with Gasteiger partial charge >= 0.3 is 0 Å². The number of pyridine rings is 1. The molecule has 1 aromatic rings. The van der Waals surface area contributed by atoms with E-state index in [1.165, 1.54) is 0 Å². The van der Waals surface area contributed by atoms with E-state index in [1.54, 1.807) is 0 Å². The molecule has 64 valence electrons. The molecule has 0 unspecified atom stereocenters. The predicted molar refractivity (Wildman–Crippen MR) is 47.6 cm³/mol. The maximum atomic E-state index is 5.87. The minimum atomic E-state index is 0.381. The van der Waals surface area contributed by atoms with Crippen LogP contribution in [0.4, 0.5) is 0 Å². The fraction of sp³-hybridized carbons (Fsp3) is 0.444. The van der Waals surface area contributed by atoms with E-state index in [1.807, 2.05) is 19.1 Å². The second-order valence-electron chi connectivity index (χ2n) is 3.06. The van der Waals surface area contributed by atoms with Gasteiger partial charge in [-0.25, -0.2) is 4.98 Å². The predicted octanol–water partition coefficient (Wildman–Crippen LogP) is 2.58. The van der Waals surface area contributed by atoms with Crippen molar-refractivity contribution in [2.75, 3.05) is 0 Å². The summed E-state index contributed by atoms with van der Waals surface area (Å²) in [7, 11) is 0. The second-order valence-corrected chi connectivity index (χ2v) is 3.42. The van der Waals surface area contributed by atoms with Crippen molar-refractivity contribution in [3.05, 3.63) is 23.0 Å². The fourth-order valence-electron chi connectivity index (χ4n) is 0.966. The lowest BCUT2D eigenvalue weighted by Crippen LogP contribution is -1.97. The maximum Gasteiger partial charge on any atom is 0.171 e. The van der Waals surface area contributed by atoms with Crippen molar-refractivity contribution < 1.29 is 4.74 Å². The van der Waals surface area contributed by atoms with Crippen molar-refractivity contribution in [2.24, 2.45) is 0 Å². The lowest BCUT2D eigenvalue weighted by atomic mass is 10.4. The minimum Gasteiger partial charge on any atom is -0.487 e. The molecule has 1 aromatic heterocycles. The molecule has 12 heavy (non-hydrogen) atoms. The van der Waals surface area contributed by atoms with Gasteiger partial charge in [0.2, 0.25) is 0 Å². The quantitative estimate of drug-likeness (QED) is 0.658. The van der Waals surface area contributed by atoms with E-state index in [4.69, 9.17) is 16.3 Å². The van der Waals surface area contributed by atoms with Crippen LogP contribution < -0.4 is 4.74 Å². The Morgan fingerprint density at radius 2 is 2.25 bits per heavy atom. The van der Waals surface area contributed by atoms with Crippen molar-refractivity contribution >= 4 is 11.6 Å². The van der Waals surface area contributed by atoms with Crippen LogP contribution >= 0.6 is 11.6 Å². The fourth-order valence-corrected chi connectivity index (χ4v) is 1.21. The van der Waals surface area contributed by atoms with Crippen LogP contribution in [-0.2, 0) is 0 Å². The highest BCUT2D eigenvalue weighted by atomic mass is 35.5. The average molecular weight is 184 g/mol. The third kappa shape index (κ3) is 1.69. The SMILES string of the molecule is Cc1ccc(OC2CC2)c(Cl)n1. The van der Waals surface area contributed by atoms with Gasteiger partial charge < -0.3 is 4.74 Å². The van der Waals surface area contributed by atoms with Crippen molar-refractivity contribution in [2.45, 2.75) is 25.9 Å². The topological polar surface area (TPSA) is 22.1 Å². The Hall–Kier alpha value is -0.760. The van der Waals surface area contributed by atoms with Gasteiger partial charge in [-0.2, -0.15) is 0 Å². The van der Waals surface area contributed by atoms with Gasteiger partial charge in [-0.1, -0.05) is 11.6 Å². The Balaban J connectivity index is 2.18. The van der Waals surface area contributed by atoms with Crippen molar-refractivity contribution in [3.8, 4) is 5.75 Å². The van der Waals surface area contributed by atoms with Crippen LogP contribution in [0.15, 0.2) is 12.1 Å². The molecule has 0 radical (unpaired) electrons. The molecule has 1 heterocycles. The molecule has 0 saturated heterocycles. The first kappa shape index (κ1) is 7.87. The largest absolute Gasteiger partial charge is 0.487 e. The zero-order chi connectivity index (χ0) is 8.55. The van der Waals surface area contributed by atoms with Crippen LogP contribution in [0.25, 0.3) is 0 Å². The molecule has 0 spiro atoms. The number of hydrogen-bond donors (Lipinski definition) is 0. The summed E-state index contributed by atoms with van der Waals surface area (Å²) in [6.45, 7) is 1.91. The van der Waals surface area contributed by atoms with E-state index >= 15 is 0 Å². The molecule has 3 heteroatoms. The van der Waals surface area contributed by atoms with Crippen LogP contribution in [0.2, 0.25) is 5.15 Å². The van der Waals surface area contributed by atoms with Gasteiger partial charge in [0.15, 0.2) is 10.9 Å². The van der Waals surface area contributed by atoms with E-state index in [0.29, 0.717) is 17.0 Å². The van der Waals surface area contributed by atoms with Crippen LogP contribution in [0.5, 0.6) is 5.75 Å². The maximum absolute atomic E-state index is 5.87. The van der Waals surface area contributed by atoms with Crippen LogP contribution in [-0.4, -0.2) is 11.1 Å². The number of halogens is 1. The van der Waals surface area contributed by atoms with E-state index < -0.39 is 0 Å². The van der Waals surface area contributed by atoms with Gasteiger partial charge in [0.25, 0.3) is 0 Å². The van der Waals surface area contributed by atoms with E-state index in [-0.39, 0.29) is 0 Å². The monoisotopic (exact) mass is 183 g/mol. The highest BCUT2D eigenvalue weighted by Crippen LogP contribution is 2.30. The number of aromatic nitrogens is 1. The Kier molecular flexibility index (Phi) is 1.93. The van der Waals surface area contributed by atoms with Crippen molar-refractivity contribution in [1.82, 2.24) is 4.98 Å². The van der Waals surface area contributed by atoms with Gasteiger partial charge in [-0.05, 0) is 31.9 Å². The summed E-state index contributed by atoms with van der Waals surface area (Å²) in [6, 6.07) is 3.78. The summed E-state index contributed by atoms with van der Waals surface area (Å²) in [4.78, 5) is 4.09. The number of nitrogens with zero attached hydrogens (tertiary/aromatic N) is 1. The van der Waals surface area contributed by atoms with Gasteiger partial charge in [0, 0.05) is 5.69 Å². The molecule has 0 aliphatic heterocycles. The molecule has 0 atom stereocenters. The third-order valence-electron chi connectivity index (χ3n) is 1.77. The lowest BCUT2D eigenvalue weighted by Gasteiger charge is -2.05. The van der Waals surface area contributed by atoms with Crippen LogP contribution in [0.1, 0.15) is 18.5 Å². The summed E-state index contributed by atoms with van der Waals surface area (Å²) in [5, 5.41) is 0.474. The Bertz CT molecular complexity index is 297. The zero-order valence-electron chi connectivity index (χ0n) is 6.88. The highest BCUT2D eigenvalue weighted by molar-refractivity contribution is 6.30. The van der Waals surface area contributed by atoms with Crippen LogP contribution in [0, 0.1) is 6.92 Å². The van der Waals surface area contributed by atoms with Gasteiger partial charge in [0.05, 0.1) is 6.10 Å². The Morgan fingerprint density at radius 1 is 1.50 bits per heavy atom. The van der Waals surface area contributed by atoms with Crippen LogP contribution in [0.3, 0.4) is 0 Å².